The van der Waals surface area contributed by atoms with Crippen molar-refractivity contribution in [1.29, 1.82) is 0 Å². The fraction of sp³-hybridized carbons (Fsp3) is 0.719. The molecule has 1 unspecified atom stereocenters. The molecule has 0 saturated heterocycles. The molecule has 7 atom stereocenters. The molecule has 5 rings (SSSR count). The molecule has 8 heteroatoms. The topological polar surface area (TPSA) is 126 Å². The van der Waals surface area contributed by atoms with Gasteiger partial charge in [-0.05, 0) is 79.7 Å². The molecule has 0 radical (unpaired) electrons. The number of rotatable bonds is 6. The number of phenolic OH excluding ortho intramolecular Hbond substituents is 1. The average molecular weight is 559 g/mol. The van der Waals surface area contributed by atoms with Crippen LogP contribution < -0.4 is 0 Å². The highest BCUT2D eigenvalue weighted by molar-refractivity contribution is 5.94. The van der Waals surface area contributed by atoms with E-state index in [0.717, 1.165) is 43.2 Å². The van der Waals surface area contributed by atoms with E-state index in [2.05, 4.69) is 6.92 Å². The van der Waals surface area contributed by atoms with Crippen LogP contribution in [0.2, 0.25) is 0 Å². The molecule has 1 saturated carbocycles. The zero-order chi connectivity index (χ0) is 29.0. The number of aliphatic hydroxyl groups excluding tert-OH is 2. The number of phenols is 1. The fourth-order valence-electron chi connectivity index (χ4n) is 7.99. The summed E-state index contributed by atoms with van der Waals surface area (Å²) in [7, 11) is 0. The van der Waals surface area contributed by atoms with Gasteiger partial charge in [-0.1, -0.05) is 52.5 Å². The van der Waals surface area contributed by atoms with Gasteiger partial charge in [-0.15, -0.1) is 0 Å². The lowest BCUT2D eigenvalue weighted by atomic mass is 9.48. The van der Waals surface area contributed by atoms with Crippen LogP contribution in [0.15, 0.2) is 17.7 Å². The second kappa shape index (κ2) is 10.7. The van der Waals surface area contributed by atoms with E-state index >= 15 is 0 Å². The molecule has 40 heavy (non-hydrogen) atoms. The van der Waals surface area contributed by atoms with Crippen molar-refractivity contribution in [2.75, 3.05) is 6.61 Å². The van der Waals surface area contributed by atoms with Gasteiger partial charge in [-0.2, -0.15) is 4.89 Å². The molecule has 2 bridgehead atoms. The minimum Gasteiger partial charge on any atom is -0.507 e. The summed E-state index contributed by atoms with van der Waals surface area (Å²) in [6.07, 6.45) is 6.84. The van der Waals surface area contributed by atoms with Gasteiger partial charge in [0.2, 0.25) is 0 Å². The van der Waals surface area contributed by atoms with Crippen molar-refractivity contribution in [3.8, 4) is 5.75 Å². The number of ether oxygens (including phenoxy) is 1. The average Bonchev–Trinajstić information content (AvgIpc) is 2.94. The maximum atomic E-state index is 13.2. The van der Waals surface area contributed by atoms with Gasteiger partial charge in [0.1, 0.15) is 16.9 Å². The highest BCUT2D eigenvalue weighted by Crippen LogP contribution is 2.61. The van der Waals surface area contributed by atoms with E-state index in [1.54, 1.807) is 26.0 Å². The van der Waals surface area contributed by atoms with Crippen LogP contribution in [0, 0.1) is 24.2 Å². The van der Waals surface area contributed by atoms with Gasteiger partial charge >= 0.3 is 5.97 Å². The van der Waals surface area contributed by atoms with E-state index in [-0.39, 0.29) is 36.4 Å². The van der Waals surface area contributed by atoms with Crippen LogP contribution in [0.4, 0.5) is 0 Å². The first-order valence-corrected chi connectivity index (χ1v) is 15.0. The third-order valence-electron chi connectivity index (χ3n) is 10.5. The van der Waals surface area contributed by atoms with Crippen molar-refractivity contribution in [1.82, 2.24) is 0 Å². The summed E-state index contributed by atoms with van der Waals surface area (Å²) in [5, 5.41) is 45.1. The standard InChI is InChI=1S/C32H46O8/c1-6-7-8-9-10-21-13-19-14-23(34)26-18(2)25(19)28(38-21)27-24(35)15-20(17-33)22-16-30(3,4)32(22,37)12-11-31(27,5)40-39-29(26)36/h14-15,21-22,24,27-28,33-35,37H,6-13,16-17H2,1-5H3/t21-,22-,24?,27-,28+,31+,32+/m1/s1. The zero-order valence-electron chi connectivity index (χ0n) is 24.5. The maximum Gasteiger partial charge on any atom is 0.377 e. The Morgan fingerprint density at radius 1 is 1.12 bits per heavy atom. The van der Waals surface area contributed by atoms with Crippen LogP contribution in [0.25, 0.3) is 0 Å². The number of carbonyl (C=O) groups excluding carboxylic acids is 1. The molecule has 4 aliphatic rings. The summed E-state index contributed by atoms with van der Waals surface area (Å²) in [4.78, 5) is 24.6. The number of benzene rings is 1. The van der Waals surface area contributed by atoms with Crippen molar-refractivity contribution < 1.29 is 39.7 Å². The monoisotopic (exact) mass is 558 g/mol. The molecule has 222 valence electrons. The van der Waals surface area contributed by atoms with Crippen LogP contribution in [0.3, 0.4) is 0 Å². The van der Waals surface area contributed by atoms with Crippen LogP contribution >= 0.6 is 0 Å². The Balaban J connectivity index is 1.64. The normalized spacial score (nSPS) is 36.6. The number of fused-ring (bicyclic) bond motifs is 4. The molecule has 2 heterocycles. The SMILES string of the molecule is CCCCCC[C@@H]1Cc2cc(O)c3c(C)c2[C@H](O1)[C@H]1C(O)C=C(CO)[C@H]2CC(C)(C)[C@]2(O)CC[C@]1(C)OOC3=O. The van der Waals surface area contributed by atoms with Crippen molar-refractivity contribution in [3.05, 3.63) is 40.0 Å². The molecule has 2 aliphatic heterocycles. The fourth-order valence-corrected chi connectivity index (χ4v) is 7.99. The van der Waals surface area contributed by atoms with Gasteiger partial charge in [-0.25, -0.2) is 4.79 Å². The highest BCUT2D eigenvalue weighted by Gasteiger charge is 2.62. The van der Waals surface area contributed by atoms with Crippen LogP contribution in [0.1, 0.15) is 112 Å². The van der Waals surface area contributed by atoms with Gasteiger partial charge in [-0.3, -0.25) is 4.89 Å². The quantitative estimate of drug-likeness (QED) is 0.219. The zero-order valence-corrected chi connectivity index (χ0v) is 24.5. The van der Waals surface area contributed by atoms with E-state index in [1.807, 2.05) is 13.8 Å². The van der Waals surface area contributed by atoms with E-state index in [4.69, 9.17) is 14.5 Å². The van der Waals surface area contributed by atoms with Crippen LogP contribution in [-0.2, 0) is 20.9 Å². The summed E-state index contributed by atoms with van der Waals surface area (Å²) in [6.45, 7) is 9.49. The van der Waals surface area contributed by atoms with Crippen molar-refractivity contribution in [3.63, 3.8) is 0 Å². The molecule has 1 aromatic carbocycles. The van der Waals surface area contributed by atoms with Crippen molar-refractivity contribution in [2.45, 2.75) is 122 Å². The summed E-state index contributed by atoms with van der Waals surface area (Å²) in [6, 6.07) is 1.64. The lowest BCUT2D eigenvalue weighted by molar-refractivity contribution is -0.345. The van der Waals surface area contributed by atoms with E-state index in [9.17, 15) is 25.2 Å². The molecule has 8 nitrogen and oxygen atoms in total. The maximum absolute atomic E-state index is 13.2. The molecule has 4 N–H and O–H groups in total. The van der Waals surface area contributed by atoms with E-state index in [0.29, 0.717) is 30.4 Å². The highest BCUT2D eigenvalue weighted by atomic mass is 17.2. The van der Waals surface area contributed by atoms with Gasteiger partial charge in [0, 0.05) is 5.92 Å². The third-order valence-corrected chi connectivity index (χ3v) is 10.5. The smallest absolute Gasteiger partial charge is 0.377 e. The lowest BCUT2D eigenvalue weighted by Gasteiger charge is -2.60. The van der Waals surface area contributed by atoms with Gasteiger partial charge in [0.25, 0.3) is 0 Å². The van der Waals surface area contributed by atoms with E-state index in [1.165, 1.54) is 0 Å². The first-order chi connectivity index (χ1) is 18.9. The van der Waals surface area contributed by atoms with Crippen molar-refractivity contribution >= 4 is 5.97 Å². The first kappa shape index (κ1) is 29.5. The third kappa shape index (κ3) is 4.70. The minimum absolute atomic E-state index is 0.0312. The van der Waals surface area contributed by atoms with Gasteiger partial charge in [0.05, 0.1) is 36.4 Å². The Morgan fingerprint density at radius 2 is 1.88 bits per heavy atom. The van der Waals surface area contributed by atoms with E-state index < -0.39 is 40.7 Å². The van der Waals surface area contributed by atoms with Crippen molar-refractivity contribution in [2.24, 2.45) is 17.3 Å². The second-order valence-electron chi connectivity index (χ2n) is 13.4. The Morgan fingerprint density at radius 3 is 2.55 bits per heavy atom. The molecule has 1 fully saturated rings. The Hall–Kier alpha value is -1.97. The molecule has 0 amide bonds. The number of hydrogen-bond acceptors (Lipinski definition) is 8. The first-order valence-electron chi connectivity index (χ1n) is 15.0. The lowest BCUT2D eigenvalue weighted by Crippen LogP contribution is -2.62. The van der Waals surface area contributed by atoms with Crippen LogP contribution in [-0.4, -0.2) is 56.4 Å². The molecule has 1 aromatic rings. The summed E-state index contributed by atoms with van der Waals surface area (Å²) in [5.74, 6) is -1.98. The van der Waals surface area contributed by atoms with Gasteiger partial charge < -0.3 is 25.2 Å². The Labute approximate surface area is 237 Å². The summed E-state index contributed by atoms with van der Waals surface area (Å²) >= 11 is 0. The molecule has 2 aliphatic carbocycles. The molecular weight excluding hydrogens is 512 g/mol. The Bertz CT molecular complexity index is 1170. The minimum atomic E-state index is -1.25. The number of aromatic hydroxyl groups is 1. The number of aliphatic hydroxyl groups is 3. The predicted octanol–water partition coefficient (Wildman–Crippen LogP) is 4.98. The second-order valence-corrected chi connectivity index (χ2v) is 13.4. The number of unbranched alkanes of at least 4 members (excludes halogenated alkanes) is 3. The Kier molecular flexibility index (Phi) is 7.90. The number of hydrogen-bond donors (Lipinski definition) is 4. The predicted molar refractivity (Wildman–Crippen MR) is 149 cm³/mol. The molecular formula is C32H46O8. The largest absolute Gasteiger partial charge is 0.507 e. The number of carbonyl (C=O) groups is 1. The van der Waals surface area contributed by atoms with Gasteiger partial charge in [0.15, 0.2) is 0 Å². The molecule has 0 aromatic heterocycles. The van der Waals surface area contributed by atoms with Crippen LogP contribution in [0.5, 0.6) is 5.75 Å². The summed E-state index contributed by atoms with van der Waals surface area (Å²) < 4.78 is 6.84. The summed E-state index contributed by atoms with van der Waals surface area (Å²) in [5.41, 5.74) is 0.0757. The molecule has 0 spiro atoms.